The molecule has 22 heavy (non-hydrogen) atoms. The number of benzene rings is 1. The van der Waals surface area contributed by atoms with E-state index in [0.29, 0.717) is 24.0 Å². The van der Waals surface area contributed by atoms with Crippen LogP contribution in [0.4, 0.5) is 0 Å². The molecular formula is C16H16N2O4. The number of H-pyrrole nitrogens is 1. The molecule has 1 aliphatic heterocycles. The second-order valence-electron chi connectivity index (χ2n) is 5.57. The van der Waals surface area contributed by atoms with E-state index in [4.69, 9.17) is 5.11 Å². The Bertz CT molecular complexity index is 824. The summed E-state index contributed by atoms with van der Waals surface area (Å²) >= 11 is 0. The Morgan fingerprint density at radius 1 is 1.32 bits per heavy atom. The molecule has 6 nitrogen and oxygen atoms in total. The van der Waals surface area contributed by atoms with Gasteiger partial charge in [-0.1, -0.05) is 18.2 Å². The van der Waals surface area contributed by atoms with Gasteiger partial charge in [-0.05, 0) is 25.0 Å². The smallest absolute Gasteiger partial charge is 0.308 e. The molecule has 0 aliphatic carbocycles. The number of carbonyl (C=O) groups is 2. The van der Waals surface area contributed by atoms with Crippen molar-refractivity contribution >= 4 is 22.8 Å². The number of pyridine rings is 1. The number of hydrogen-bond donors (Lipinski definition) is 2. The van der Waals surface area contributed by atoms with E-state index in [1.807, 2.05) is 18.2 Å². The molecule has 3 rings (SSSR count). The zero-order valence-corrected chi connectivity index (χ0v) is 12.1. The lowest BCUT2D eigenvalue weighted by Crippen LogP contribution is -2.34. The number of aromatic nitrogens is 1. The molecule has 1 aromatic heterocycles. The number of carbonyl (C=O) groups excluding carboxylic acids is 1. The van der Waals surface area contributed by atoms with Crippen molar-refractivity contribution in [2.45, 2.75) is 13.3 Å². The van der Waals surface area contributed by atoms with Crippen LogP contribution in [-0.2, 0) is 4.79 Å². The number of carboxylic acid groups (broad SMARTS) is 1. The summed E-state index contributed by atoms with van der Waals surface area (Å²) in [4.78, 5) is 40.0. The summed E-state index contributed by atoms with van der Waals surface area (Å²) in [6, 6.07) is 7.30. The topological polar surface area (TPSA) is 90.5 Å². The van der Waals surface area contributed by atoms with E-state index in [-0.39, 0.29) is 12.1 Å². The Hall–Kier alpha value is -2.63. The third-order valence-electron chi connectivity index (χ3n) is 4.22. The fourth-order valence-corrected chi connectivity index (χ4v) is 2.97. The van der Waals surface area contributed by atoms with Gasteiger partial charge in [-0.25, -0.2) is 0 Å². The highest BCUT2D eigenvalue weighted by Gasteiger charge is 2.33. The number of aromatic amines is 1. The van der Waals surface area contributed by atoms with Gasteiger partial charge in [0, 0.05) is 24.0 Å². The maximum Gasteiger partial charge on any atom is 0.308 e. The number of nitrogens with zero attached hydrogens (tertiary/aromatic N) is 1. The zero-order chi connectivity index (χ0) is 15.9. The molecule has 1 fully saturated rings. The molecule has 1 atom stereocenters. The fourth-order valence-electron chi connectivity index (χ4n) is 2.97. The standard InChI is InChI=1S/C16H16N2O4/c1-9-11-4-2-3-5-12(11)17-14(19)13(9)15(20)18-7-6-10(8-18)16(21)22/h2-5,10H,6-8H2,1H3,(H,17,19)(H,21,22). The summed E-state index contributed by atoms with van der Waals surface area (Å²) in [5.41, 5.74) is 0.985. The lowest BCUT2D eigenvalue weighted by Gasteiger charge is -2.17. The first-order chi connectivity index (χ1) is 10.5. The summed E-state index contributed by atoms with van der Waals surface area (Å²) in [6.45, 7) is 2.26. The van der Waals surface area contributed by atoms with Crippen molar-refractivity contribution in [2.75, 3.05) is 13.1 Å². The first-order valence-electron chi connectivity index (χ1n) is 7.12. The Morgan fingerprint density at radius 2 is 2.05 bits per heavy atom. The summed E-state index contributed by atoms with van der Waals surface area (Å²) in [5, 5.41) is 9.85. The van der Waals surface area contributed by atoms with Crippen molar-refractivity contribution in [1.82, 2.24) is 9.88 Å². The largest absolute Gasteiger partial charge is 0.481 e. The van der Waals surface area contributed by atoms with Crippen LogP contribution in [0.3, 0.4) is 0 Å². The van der Waals surface area contributed by atoms with E-state index in [1.54, 1.807) is 13.0 Å². The second-order valence-corrected chi connectivity index (χ2v) is 5.57. The van der Waals surface area contributed by atoms with Crippen molar-refractivity contribution in [3.8, 4) is 0 Å². The molecule has 2 aromatic rings. The van der Waals surface area contributed by atoms with Gasteiger partial charge in [-0.3, -0.25) is 14.4 Å². The number of hydrogen-bond acceptors (Lipinski definition) is 3. The molecule has 114 valence electrons. The predicted octanol–water partition coefficient (Wildman–Crippen LogP) is 1.38. The lowest BCUT2D eigenvalue weighted by atomic mass is 10.0. The molecule has 1 saturated heterocycles. The quantitative estimate of drug-likeness (QED) is 0.876. The minimum atomic E-state index is -0.903. The van der Waals surface area contributed by atoms with E-state index >= 15 is 0 Å². The van der Waals surface area contributed by atoms with E-state index in [9.17, 15) is 14.4 Å². The third kappa shape index (κ3) is 2.26. The van der Waals surface area contributed by atoms with Crippen LogP contribution >= 0.6 is 0 Å². The molecule has 0 radical (unpaired) electrons. The lowest BCUT2D eigenvalue weighted by molar-refractivity contribution is -0.141. The maximum absolute atomic E-state index is 12.6. The molecule has 1 aliphatic rings. The van der Waals surface area contributed by atoms with Gasteiger partial charge in [0.1, 0.15) is 5.56 Å². The number of para-hydroxylation sites is 1. The SMILES string of the molecule is Cc1c(C(=O)N2CCC(C(=O)O)C2)c(=O)[nH]c2ccccc12. The van der Waals surface area contributed by atoms with E-state index in [2.05, 4.69) is 4.98 Å². The highest BCUT2D eigenvalue weighted by molar-refractivity contribution is 6.00. The average Bonchev–Trinajstić information content (AvgIpc) is 2.97. The number of likely N-dealkylation sites (tertiary alicyclic amines) is 1. The number of carboxylic acids is 1. The Labute approximate surface area is 126 Å². The number of aliphatic carboxylic acids is 1. The van der Waals surface area contributed by atoms with Gasteiger partial charge >= 0.3 is 5.97 Å². The van der Waals surface area contributed by atoms with E-state index in [1.165, 1.54) is 4.90 Å². The van der Waals surface area contributed by atoms with Crippen LogP contribution in [0.15, 0.2) is 29.1 Å². The molecule has 2 N–H and O–H groups in total. The van der Waals surface area contributed by atoms with Gasteiger partial charge in [0.25, 0.3) is 11.5 Å². The molecule has 1 aromatic carbocycles. The predicted molar refractivity (Wildman–Crippen MR) is 81.0 cm³/mol. The van der Waals surface area contributed by atoms with Crippen molar-refractivity contribution in [1.29, 1.82) is 0 Å². The van der Waals surface area contributed by atoms with Crippen LogP contribution in [0.5, 0.6) is 0 Å². The van der Waals surface area contributed by atoms with Gasteiger partial charge in [0.15, 0.2) is 0 Å². The first-order valence-corrected chi connectivity index (χ1v) is 7.12. The Kier molecular flexibility index (Phi) is 3.44. The molecule has 0 saturated carbocycles. The average molecular weight is 300 g/mol. The number of amides is 1. The van der Waals surface area contributed by atoms with Crippen LogP contribution in [0.1, 0.15) is 22.3 Å². The summed E-state index contributed by atoms with van der Waals surface area (Å²) in [7, 11) is 0. The van der Waals surface area contributed by atoms with Gasteiger partial charge < -0.3 is 15.0 Å². The van der Waals surface area contributed by atoms with Crippen molar-refractivity contribution in [3.63, 3.8) is 0 Å². The van der Waals surface area contributed by atoms with Gasteiger partial charge in [0.05, 0.1) is 5.92 Å². The second kappa shape index (κ2) is 5.29. The number of aryl methyl sites for hydroxylation is 1. The van der Waals surface area contributed by atoms with Crippen LogP contribution < -0.4 is 5.56 Å². The van der Waals surface area contributed by atoms with Crippen molar-refractivity contribution in [3.05, 3.63) is 45.7 Å². The first kappa shape index (κ1) is 14.3. The minimum Gasteiger partial charge on any atom is -0.481 e. The van der Waals surface area contributed by atoms with Crippen LogP contribution in [0.2, 0.25) is 0 Å². The molecular weight excluding hydrogens is 284 g/mol. The molecule has 2 heterocycles. The monoisotopic (exact) mass is 300 g/mol. The van der Waals surface area contributed by atoms with Crippen LogP contribution in [0.25, 0.3) is 10.9 Å². The van der Waals surface area contributed by atoms with E-state index in [0.717, 1.165) is 5.39 Å². The van der Waals surface area contributed by atoms with Gasteiger partial charge in [0.2, 0.25) is 0 Å². The van der Waals surface area contributed by atoms with Crippen molar-refractivity contribution < 1.29 is 14.7 Å². The normalized spacial score (nSPS) is 17.9. The molecule has 1 amide bonds. The number of nitrogens with one attached hydrogen (secondary N) is 1. The van der Waals surface area contributed by atoms with Gasteiger partial charge in [-0.15, -0.1) is 0 Å². The molecule has 0 spiro atoms. The minimum absolute atomic E-state index is 0.102. The fraction of sp³-hybridized carbons (Fsp3) is 0.312. The summed E-state index contributed by atoms with van der Waals surface area (Å²) < 4.78 is 0. The van der Waals surface area contributed by atoms with Crippen LogP contribution in [0, 0.1) is 12.8 Å². The zero-order valence-electron chi connectivity index (χ0n) is 12.1. The third-order valence-corrected chi connectivity index (χ3v) is 4.22. The van der Waals surface area contributed by atoms with Gasteiger partial charge in [-0.2, -0.15) is 0 Å². The molecule has 0 bridgehead atoms. The molecule has 1 unspecified atom stereocenters. The summed E-state index contributed by atoms with van der Waals surface area (Å²) in [6.07, 6.45) is 0.422. The highest BCUT2D eigenvalue weighted by atomic mass is 16.4. The molecule has 6 heteroatoms. The Balaban J connectivity index is 2.02. The number of rotatable bonds is 2. The highest BCUT2D eigenvalue weighted by Crippen LogP contribution is 2.22. The number of fused-ring (bicyclic) bond motifs is 1. The van der Waals surface area contributed by atoms with E-state index < -0.39 is 23.4 Å². The Morgan fingerprint density at radius 3 is 2.73 bits per heavy atom. The maximum atomic E-state index is 12.6. The van der Waals surface area contributed by atoms with Crippen LogP contribution in [-0.4, -0.2) is 40.0 Å². The summed E-state index contributed by atoms with van der Waals surface area (Å²) in [5.74, 6) is -1.85. The van der Waals surface area contributed by atoms with Crippen molar-refractivity contribution in [2.24, 2.45) is 5.92 Å².